The quantitative estimate of drug-likeness (QED) is 0.491. The molecule has 0 radical (unpaired) electrons. The molecule has 2 nitrogen and oxygen atoms in total. The molecule has 3 heterocycles. The maximum absolute atomic E-state index is 4.35. The molecular weight excluding hydrogens is 280 g/mol. The first-order chi connectivity index (χ1) is 8.92. The molecule has 18 heavy (non-hydrogen) atoms. The summed E-state index contributed by atoms with van der Waals surface area (Å²) in [5, 5.41) is 0. The second kappa shape index (κ2) is 5.99. The minimum atomic E-state index is 0.966. The largest absolute Gasteiger partial charge is 0.268 e. The molecule has 0 saturated carbocycles. The fraction of sp³-hybridized carbons (Fsp3) is 0.385. The normalized spacial score (nSPS) is 15.2. The summed E-state index contributed by atoms with van der Waals surface area (Å²) in [6, 6.07) is 8.45. The van der Waals surface area contributed by atoms with Crippen molar-refractivity contribution in [2.75, 3.05) is 13.1 Å². The molecule has 2 aromatic rings. The van der Waals surface area contributed by atoms with Gasteiger partial charge in [0.05, 0.1) is 9.90 Å². The van der Waals surface area contributed by atoms with E-state index in [1.54, 1.807) is 0 Å². The molecule has 5 heteroatoms. The number of aromatic nitrogens is 1. The van der Waals surface area contributed by atoms with E-state index in [0.29, 0.717) is 0 Å². The summed E-state index contributed by atoms with van der Waals surface area (Å²) >= 11 is 1.89. The Balaban J connectivity index is 1.69. The van der Waals surface area contributed by atoms with Gasteiger partial charge in [0.2, 0.25) is 0 Å². The Bertz CT molecular complexity index is 563. The Hall–Kier alpha value is -0.650. The molecule has 0 aliphatic carbocycles. The predicted octanol–water partition coefficient (Wildman–Crippen LogP) is 3.06. The van der Waals surface area contributed by atoms with Crippen LogP contribution in [0.5, 0.6) is 0 Å². The van der Waals surface area contributed by atoms with Gasteiger partial charge in [-0.25, -0.2) is 4.58 Å². The summed E-state index contributed by atoms with van der Waals surface area (Å²) in [6.45, 7) is 2.47. The third kappa shape index (κ3) is 3.02. The molecular formula is C13H15N2S3+. The zero-order chi connectivity index (χ0) is 12.2. The van der Waals surface area contributed by atoms with Gasteiger partial charge in [0.15, 0.2) is 0 Å². The van der Waals surface area contributed by atoms with Crippen LogP contribution in [0.2, 0.25) is 0 Å². The SMILES string of the molecule is c1ccc(CSc2cc(=[N+]3CCCC3)ss2)nc1. The van der Waals surface area contributed by atoms with Crippen LogP contribution in [-0.4, -0.2) is 18.1 Å². The summed E-state index contributed by atoms with van der Waals surface area (Å²) in [5.41, 5.74) is 1.16. The van der Waals surface area contributed by atoms with Crippen LogP contribution in [0, 0.1) is 0 Å². The lowest BCUT2D eigenvalue weighted by atomic mass is 10.4. The molecule has 94 valence electrons. The summed E-state index contributed by atoms with van der Waals surface area (Å²) in [7, 11) is 3.80. The monoisotopic (exact) mass is 295 g/mol. The van der Waals surface area contributed by atoms with E-state index < -0.39 is 0 Å². The van der Waals surface area contributed by atoms with Crippen molar-refractivity contribution in [2.45, 2.75) is 22.8 Å². The number of nitrogens with zero attached hydrogens (tertiary/aromatic N) is 2. The van der Waals surface area contributed by atoms with Crippen molar-refractivity contribution in [3.63, 3.8) is 0 Å². The van der Waals surface area contributed by atoms with E-state index in [-0.39, 0.29) is 0 Å². The van der Waals surface area contributed by atoms with Crippen molar-refractivity contribution < 1.29 is 0 Å². The minimum Gasteiger partial charge on any atom is -0.260 e. The predicted molar refractivity (Wildman–Crippen MR) is 80.2 cm³/mol. The van der Waals surface area contributed by atoms with Gasteiger partial charge in [0, 0.05) is 30.9 Å². The van der Waals surface area contributed by atoms with Crippen molar-refractivity contribution in [1.29, 1.82) is 0 Å². The summed E-state index contributed by atoms with van der Waals surface area (Å²) in [4.78, 5) is 4.35. The van der Waals surface area contributed by atoms with Crippen molar-refractivity contribution >= 4 is 32.4 Å². The molecule has 2 aromatic heterocycles. The van der Waals surface area contributed by atoms with Crippen molar-refractivity contribution in [3.8, 4) is 0 Å². The number of hydrogen-bond acceptors (Lipinski definition) is 4. The van der Waals surface area contributed by atoms with Crippen LogP contribution >= 0.6 is 32.4 Å². The third-order valence-corrected chi connectivity index (χ3v) is 6.93. The van der Waals surface area contributed by atoms with Crippen LogP contribution in [0.4, 0.5) is 0 Å². The molecule has 0 spiro atoms. The highest BCUT2D eigenvalue weighted by molar-refractivity contribution is 8.02. The first kappa shape index (κ1) is 12.4. The van der Waals surface area contributed by atoms with E-state index in [1.807, 2.05) is 44.7 Å². The van der Waals surface area contributed by atoms with E-state index in [1.165, 1.54) is 34.8 Å². The van der Waals surface area contributed by atoms with Gasteiger partial charge < -0.3 is 0 Å². The Morgan fingerprint density at radius 2 is 2.11 bits per heavy atom. The highest BCUT2D eigenvalue weighted by Gasteiger charge is 2.15. The maximum Gasteiger partial charge on any atom is 0.268 e. The van der Waals surface area contributed by atoms with Gasteiger partial charge in [-0.3, -0.25) is 4.98 Å². The van der Waals surface area contributed by atoms with Gasteiger partial charge in [-0.1, -0.05) is 16.4 Å². The molecule has 1 saturated heterocycles. The van der Waals surface area contributed by atoms with E-state index >= 15 is 0 Å². The van der Waals surface area contributed by atoms with Gasteiger partial charge in [0.25, 0.3) is 4.67 Å². The van der Waals surface area contributed by atoms with Gasteiger partial charge in [-0.15, -0.1) is 11.8 Å². The van der Waals surface area contributed by atoms with Crippen molar-refractivity contribution in [3.05, 3.63) is 40.8 Å². The van der Waals surface area contributed by atoms with Crippen LogP contribution in [0.3, 0.4) is 0 Å². The summed E-state index contributed by atoms with van der Waals surface area (Å²) in [6.07, 6.45) is 4.56. The summed E-state index contributed by atoms with van der Waals surface area (Å²) < 4.78 is 5.36. The Morgan fingerprint density at radius 3 is 2.89 bits per heavy atom. The zero-order valence-electron chi connectivity index (χ0n) is 10.0. The number of thioether (sulfide) groups is 1. The van der Waals surface area contributed by atoms with Gasteiger partial charge >= 0.3 is 0 Å². The molecule has 0 unspecified atom stereocenters. The van der Waals surface area contributed by atoms with Crippen molar-refractivity contribution in [2.24, 2.45) is 0 Å². The Kier molecular flexibility index (Phi) is 4.13. The minimum absolute atomic E-state index is 0.966. The van der Waals surface area contributed by atoms with Crippen molar-refractivity contribution in [1.82, 2.24) is 9.56 Å². The second-order valence-corrected chi connectivity index (χ2v) is 7.74. The second-order valence-electron chi connectivity index (χ2n) is 4.27. The van der Waals surface area contributed by atoms with Crippen LogP contribution in [-0.2, 0) is 5.75 Å². The highest BCUT2D eigenvalue weighted by atomic mass is 32.9. The molecule has 1 aliphatic heterocycles. The molecule has 0 amide bonds. The lowest BCUT2D eigenvalue weighted by Crippen LogP contribution is -2.23. The fourth-order valence-corrected chi connectivity index (χ4v) is 5.81. The lowest BCUT2D eigenvalue weighted by molar-refractivity contribution is 0.705. The Morgan fingerprint density at radius 1 is 1.22 bits per heavy atom. The van der Waals surface area contributed by atoms with E-state index in [2.05, 4.69) is 27.8 Å². The number of pyridine rings is 1. The van der Waals surface area contributed by atoms with Crippen LogP contribution in [0.1, 0.15) is 18.5 Å². The average Bonchev–Trinajstić information content (AvgIpc) is 3.08. The fourth-order valence-electron chi connectivity index (χ4n) is 2.01. The zero-order valence-corrected chi connectivity index (χ0v) is 12.5. The smallest absolute Gasteiger partial charge is 0.260 e. The van der Waals surface area contributed by atoms with Gasteiger partial charge in [-0.05, 0) is 22.5 Å². The van der Waals surface area contributed by atoms with Crippen LogP contribution in [0.15, 0.2) is 34.7 Å². The van der Waals surface area contributed by atoms with Crippen LogP contribution in [0.25, 0.3) is 0 Å². The first-order valence-corrected chi connectivity index (χ1v) is 9.26. The molecule has 3 rings (SSSR count). The standard InChI is InChI=1S/C13H15N2S3/c1-2-6-14-11(5-1)10-16-13-9-12(17-18-13)15-7-3-4-8-15/h1-2,5-6,9H,3-4,7-8,10H2/q+1. The number of hydrogen-bond donors (Lipinski definition) is 0. The molecule has 0 bridgehead atoms. The van der Waals surface area contributed by atoms with E-state index in [4.69, 9.17) is 0 Å². The first-order valence-electron chi connectivity index (χ1n) is 6.13. The number of rotatable bonds is 3. The summed E-state index contributed by atoms with van der Waals surface area (Å²) in [5.74, 6) is 0.966. The third-order valence-electron chi connectivity index (χ3n) is 2.96. The highest BCUT2D eigenvalue weighted by Crippen LogP contribution is 2.26. The molecule has 1 fully saturated rings. The molecule has 1 aliphatic rings. The van der Waals surface area contributed by atoms with Crippen LogP contribution < -0.4 is 9.25 Å². The Labute approximate surface area is 118 Å². The van der Waals surface area contributed by atoms with E-state index in [9.17, 15) is 0 Å². The van der Waals surface area contributed by atoms with Gasteiger partial charge in [0.1, 0.15) is 13.1 Å². The molecule has 0 N–H and O–H groups in total. The maximum atomic E-state index is 4.35. The topological polar surface area (TPSA) is 15.9 Å². The average molecular weight is 295 g/mol. The lowest BCUT2D eigenvalue weighted by Gasteiger charge is -1.96. The van der Waals surface area contributed by atoms with Gasteiger partial charge in [-0.2, -0.15) is 0 Å². The molecule has 0 atom stereocenters. The molecule has 0 aromatic carbocycles. The van der Waals surface area contributed by atoms with E-state index in [0.717, 1.165) is 11.4 Å².